The fourth-order valence-electron chi connectivity index (χ4n) is 2.40. The van der Waals surface area contributed by atoms with E-state index in [1.807, 2.05) is 0 Å². The third-order valence-corrected chi connectivity index (χ3v) is 4.62. The molecule has 2 aromatic carbocycles. The highest BCUT2D eigenvalue weighted by molar-refractivity contribution is 6.69. The van der Waals surface area contributed by atoms with E-state index in [4.69, 9.17) is 51.7 Å². The molecule has 0 fully saturated rings. The number of nitrogen functional groups attached to an aromatic ring is 1. The standard InChI is InChI=1S/C17H17Cl3N4O/c18-13-3-1-9(7-14(13)19)11(5-6-21)17(25)24-10-2-4-15(22)12(8-10)16(20)23/h1-4,7-8,11,23H,5-6,21-22H2,(H,24,25). The Morgan fingerprint density at radius 1 is 1.16 bits per heavy atom. The Labute approximate surface area is 160 Å². The molecule has 0 aromatic heterocycles. The lowest BCUT2D eigenvalue weighted by atomic mass is 9.94. The lowest BCUT2D eigenvalue weighted by Gasteiger charge is -2.18. The second kappa shape index (κ2) is 8.54. The number of halogens is 3. The Balaban J connectivity index is 2.27. The molecule has 25 heavy (non-hydrogen) atoms. The van der Waals surface area contributed by atoms with Crippen molar-refractivity contribution in [2.75, 3.05) is 17.6 Å². The van der Waals surface area contributed by atoms with Crippen LogP contribution in [0.15, 0.2) is 36.4 Å². The maximum Gasteiger partial charge on any atom is 0.231 e. The van der Waals surface area contributed by atoms with Crippen LogP contribution in [0.25, 0.3) is 0 Å². The average Bonchev–Trinajstić information content (AvgIpc) is 2.56. The molecular formula is C17H17Cl3N4O. The summed E-state index contributed by atoms with van der Waals surface area (Å²) < 4.78 is 0. The van der Waals surface area contributed by atoms with Crippen LogP contribution in [0, 0.1) is 5.41 Å². The second-order valence-electron chi connectivity index (χ2n) is 5.41. The predicted octanol–water partition coefficient (Wildman–Crippen LogP) is 4.21. The van der Waals surface area contributed by atoms with Gasteiger partial charge in [-0.25, -0.2) is 0 Å². The second-order valence-corrected chi connectivity index (χ2v) is 6.60. The third-order valence-electron chi connectivity index (χ3n) is 3.68. The van der Waals surface area contributed by atoms with Gasteiger partial charge < -0.3 is 16.8 Å². The monoisotopic (exact) mass is 398 g/mol. The number of nitrogens with one attached hydrogen (secondary N) is 2. The first kappa shape index (κ1) is 19.5. The van der Waals surface area contributed by atoms with Crippen LogP contribution < -0.4 is 16.8 Å². The van der Waals surface area contributed by atoms with Gasteiger partial charge in [0.2, 0.25) is 5.91 Å². The smallest absolute Gasteiger partial charge is 0.231 e. The molecule has 0 heterocycles. The Hall–Kier alpha value is -1.79. The molecule has 5 nitrogen and oxygen atoms in total. The van der Waals surface area contributed by atoms with Gasteiger partial charge in [-0.1, -0.05) is 40.9 Å². The van der Waals surface area contributed by atoms with Crippen molar-refractivity contribution >= 4 is 57.3 Å². The molecule has 2 aromatic rings. The van der Waals surface area contributed by atoms with Gasteiger partial charge in [0, 0.05) is 16.9 Å². The van der Waals surface area contributed by atoms with Crippen LogP contribution in [0.4, 0.5) is 11.4 Å². The number of benzene rings is 2. The third kappa shape index (κ3) is 4.86. The van der Waals surface area contributed by atoms with E-state index in [9.17, 15) is 4.79 Å². The summed E-state index contributed by atoms with van der Waals surface area (Å²) in [7, 11) is 0. The van der Waals surface area contributed by atoms with Gasteiger partial charge in [-0.2, -0.15) is 0 Å². The summed E-state index contributed by atoms with van der Waals surface area (Å²) in [5.41, 5.74) is 13.3. The summed E-state index contributed by atoms with van der Waals surface area (Å²) in [6, 6.07) is 9.83. The predicted molar refractivity (Wildman–Crippen MR) is 105 cm³/mol. The topological polar surface area (TPSA) is 105 Å². The molecular weight excluding hydrogens is 383 g/mol. The van der Waals surface area contributed by atoms with Crippen LogP contribution in [0.2, 0.25) is 10.0 Å². The molecule has 0 saturated heterocycles. The number of amides is 1. The highest BCUT2D eigenvalue weighted by Gasteiger charge is 2.21. The van der Waals surface area contributed by atoms with Crippen molar-refractivity contribution in [3.05, 3.63) is 57.6 Å². The van der Waals surface area contributed by atoms with E-state index in [1.165, 1.54) is 0 Å². The maximum atomic E-state index is 12.7. The van der Waals surface area contributed by atoms with E-state index in [0.29, 0.717) is 39.9 Å². The number of carbonyl (C=O) groups is 1. The van der Waals surface area contributed by atoms with E-state index in [0.717, 1.165) is 5.56 Å². The molecule has 0 aliphatic rings. The van der Waals surface area contributed by atoms with Crippen molar-refractivity contribution in [3.8, 4) is 0 Å². The van der Waals surface area contributed by atoms with Gasteiger partial charge in [0.15, 0.2) is 0 Å². The SMILES string of the molecule is N=C(Cl)c1cc(NC(=O)C(CCN)c2ccc(Cl)c(Cl)c2)ccc1N. The Morgan fingerprint density at radius 3 is 2.48 bits per heavy atom. The molecule has 0 bridgehead atoms. The van der Waals surface area contributed by atoms with Gasteiger partial charge in [-0.3, -0.25) is 10.2 Å². The van der Waals surface area contributed by atoms with Crippen LogP contribution in [-0.4, -0.2) is 17.6 Å². The van der Waals surface area contributed by atoms with Crippen LogP contribution in [0.5, 0.6) is 0 Å². The summed E-state index contributed by atoms with van der Waals surface area (Å²) >= 11 is 17.7. The number of carbonyl (C=O) groups excluding carboxylic acids is 1. The summed E-state index contributed by atoms with van der Waals surface area (Å²) in [4.78, 5) is 12.7. The zero-order chi connectivity index (χ0) is 18.6. The van der Waals surface area contributed by atoms with Crippen molar-refractivity contribution in [2.24, 2.45) is 5.73 Å². The van der Waals surface area contributed by atoms with Gasteiger partial charge in [0.05, 0.1) is 16.0 Å². The lowest BCUT2D eigenvalue weighted by molar-refractivity contribution is -0.117. The lowest BCUT2D eigenvalue weighted by Crippen LogP contribution is -2.23. The molecule has 1 amide bonds. The minimum atomic E-state index is -0.490. The van der Waals surface area contributed by atoms with E-state index < -0.39 is 5.92 Å². The minimum absolute atomic E-state index is 0.198. The number of anilines is 2. The molecule has 6 N–H and O–H groups in total. The Bertz CT molecular complexity index is 810. The van der Waals surface area contributed by atoms with Gasteiger partial charge in [-0.05, 0) is 48.9 Å². The molecule has 0 aliphatic carbocycles. The quantitative estimate of drug-likeness (QED) is 0.432. The molecule has 1 atom stereocenters. The zero-order valence-corrected chi connectivity index (χ0v) is 15.4. The van der Waals surface area contributed by atoms with E-state index in [1.54, 1.807) is 36.4 Å². The zero-order valence-electron chi connectivity index (χ0n) is 13.2. The first-order valence-electron chi connectivity index (χ1n) is 7.43. The summed E-state index contributed by atoms with van der Waals surface area (Å²) in [5.74, 6) is -0.739. The van der Waals surface area contributed by atoms with Gasteiger partial charge >= 0.3 is 0 Å². The molecule has 0 radical (unpaired) electrons. The molecule has 8 heteroatoms. The highest BCUT2D eigenvalue weighted by Crippen LogP contribution is 2.29. The molecule has 1 unspecified atom stereocenters. The van der Waals surface area contributed by atoms with Crippen LogP contribution >= 0.6 is 34.8 Å². The fraction of sp³-hybridized carbons (Fsp3) is 0.176. The first-order chi connectivity index (χ1) is 11.8. The first-order valence-corrected chi connectivity index (χ1v) is 8.56. The van der Waals surface area contributed by atoms with Crippen molar-refractivity contribution < 1.29 is 4.79 Å². The number of rotatable bonds is 6. The maximum absolute atomic E-state index is 12.7. The van der Waals surface area contributed by atoms with Crippen molar-refractivity contribution in [2.45, 2.75) is 12.3 Å². The largest absolute Gasteiger partial charge is 0.398 e. The minimum Gasteiger partial charge on any atom is -0.398 e. The van der Waals surface area contributed by atoms with Crippen molar-refractivity contribution in [3.63, 3.8) is 0 Å². The molecule has 0 saturated carbocycles. The Morgan fingerprint density at radius 2 is 1.88 bits per heavy atom. The van der Waals surface area contributed by atoms with Gasteiger partial charge in [-0.15, -0.1) is 0 Å². The summed E-state index contributed by atoms with van der Waals surface area (Å²) in [5, 5.41) is 10.9. The number of hydrogen-bond acceptors (Lipinski definition) is 4. The van der Waals surface area contributed by atoms with Gasteiger partial charge in [0.25, 0.3) is 0 Å². The van der Waals surface area contributed by atoms with Crippen molar-refractivity contribution in [1.29, 1.82) is 5.41 Å². The normalized spacial score (nSPS) is 11.8. The average molecular weight is 400 g/mol. The van der Waals surface area contributed by atoms with E-state index in [-0.39, 0.29) is 11.1 Å². The van der Waals surface area contributed by atoms with E-state index >= 15 is 0 Å². The molecule has 0 spiro atoms. The number of hydrogen-bond donors (Lipinski definition) is 4. The molecule has 132 valence electrons. The highest BCUT2D eigenvalue weighted by atomic mass is 35.5. The Kier molecular flexibility index (Phi) is 6.67. The van der Waals surface area contributed by atoms with Crippen LogP contribution in [0.3, 0.4) is 0 Å². The van der Waals surface area contributed by atoms with Crippen molar-refractivity contribution in [1.82, 2.24) is 0 Å². The number of nitrogens with two attached hydrogens (primary N) is 2. The molecule has 0 aliphatic heterocycles. The fourth-order valence-corrected chi connectivity index (χ4v) is 2.87. The van der Waals surface area contributed by atoms with Crippen LogP contribution in [-0.2, 0) is 4.79 Å². The van der Waals surface area contributed by atoms with E-state index in [2.05, 4.69) is 5.32 Å². The van der Waals surface area contributed by atoms with Crippen LogP contribution in [0.1, 0.15) is 23.5 Å². The molecule has 2 rings (SSSR count). The summed E-state index contributed by atoms with van der Waals surface area (Å²) in [6.07, 6.45) is 0.441. The van der Waals surface area contributed by atoms with Gasteiger partial charge in [0.1, 0.15) is 5.17 Å². The summed E-state index contributed by atoms with van der Waals surface area (Å²) in [6.45, 7) is 0.331.